The molecule has 0 aromatic carbocycles. The highest BCUT2D eigenvalue weighted by molar-refractivity contribution is 5.57. The van der Waals surface area contributed by atoms with Gasteiger partial charge in [-0.15, -0.1) is 0 Å². The van der Waals surface area contributed by atoms with E-state index in [4.69, 9.17) is 10.5 Å². The van der Waals surface area contributed by atoms with Crippen LogP contribution in [0.25, 0.3) is 0 Å². The van der Waals surface area contributed by atoms with Crippen molar-refractivity contribution in [1.82, 2.24) is 4.98 Å². The Bertz CT molecular complexity index is 452. The molecule has 1 fully saturated rings. The molecule has 1 aliphatic rings. The molecule has 0 radical (unpaired) electrons. The molecule has 98 valence electrons. The first-order chi connectivity index (χ1) is 8.58. The summed E-state index contributed by atoms with van der Waals surface area (Å²) < 4.78 is 5.45. The molecule has 0 aliphatic carbocycles. The van der Waals surface area contributed by atoms with Gasteiger partial charge in [-0.2, -0.15) is 0 Å². The Hall–Kier alpha value is -1.89. The Morgan fingerprint density at radius 1 is 1.67 bits per heavy atom. The van der Waals surface area contributed by atoms with E-state index in [0.29, 0.717) is 11.7 Å². The summed E-state index contributed by atoms with van der Waals surface area (Å²) in [6, 6.07) is 2.92. The SMILES string of the molecule is CC1OCCC1CNc1ccc([N+](=O)[O-])c(N)n1. The zero-order valence-electron chi connectivity index (χ0n) is 10.1. The Kier molecular flexibility index (Phi) is 3.61. The van der Waals surface area contributed by atoms with Gasteiger partial charge < -0.3 is 15.8 Å². The van der Waals surface area contributed by atoms with E-state index >= 15 is 0 Å². The van der Waals surface area contributed by atoms with E-state index in [0.717, 1.165) is 19.6 Å². The summed E-state index contributed by atoms with van der Waals surface area (Å²) in [5, 5.41) is 13.7. The summed E-state index contributed by atoms with van der Waals surface area (Å²) in [4.78, 5) is 14.0. The van der Waals surface area contributed by atoms with Crippen LogP contribution in [0.15, 0.2) is 12.1 Å². The number of anilines is 2. The van der Waals surface area contributed by atoms with Crippen molar-refractivity contribution in [1.29, 1.82) is 0 Å². The van der Waals surface area contributed by atoms with Crippen molar-refractivity contribution in [2.75, 3.05) is 24.2 Å². The molecule has 1 aromatic rings. The van der Waals surface area contributed by atoms with Gasteiger partial charge in [-0.25, -0.2) is 4.98 Å². The monoisotopic (exact) mass is 252 g/mol. The van der Waals surface area contributed by atoms with Crippen molar-refractivity contribution in [3.05, 3.63) is 22.2 Å². The third-order valence-corrected chi connectivity index (χ3v) is 3.18. The standard InChI is InChI=1S/C11H16N4O3/c1-7-8(4-5-18-7)6-13-10-3-2-9(15(16)17)11(12)14-10/h2-3,7-8H,4-6H2,1H3,(H3,12,13,14). The number of nitrogens with one attached hydrogen (secondary N) is 1. The number of pyridine rings is 1. The second kappa shape index (κ2) is 5.18. The molecule has 18 heavy (non-hydrogen) atoms. The molecular formula is C11H16N4O3. The predicted molar refractivity (Wildman–Crippen MR) is 67.3 cm³/mol. The average molecular weight is 252 g/mol. The number of aromatic nitrogens is 1. The van der Waals surface area contributed by atoms with Crippen LogP contribution in [0.4, 0.5) is 17.3 Å². The van der Waals surface area contributed by atoms with E-state index in [1.165, 1.54) is 6.07 Å². The van der Waals surface area contributed by atoms with Crippen LogP contribution in [-0.2, 0) is 4.74 Å². The van der Waals surface area contributed by atoms with E-state index in [9.17, 15) is 10.1 Å². The van der Waals surface area contributed by atoms with Crippen LogP contribution in [-0.4, -0.2) is 29.2 Å². The number of hydrogen-bond acceptors (Lipinski definition) is 6. The van der Waals surface area contributed by atoms with E-state index < -0.39 is 4.92 Å². The topological polar surface area (TPSA) is 103 Å². The molecule has 7 heteroatoms. The number of hydrogen-bond donors (Lipinski definition) is 2. The molecule has 1 aromatic heterocycles. The first-order valence-corrected chi connectivity index (χ1v) is 5.84. The lowest BCUT2D eigenvalue weighted by atomic mass is 10.0. The van der Waals surface area contributed by atoms with Crippen LogP contribution < -0.4 is 11.1 Å². The third kappa shape index (κ3) is 2.67. The largest absolute Gasteiger partial charge is 0.378 e. The molecule has 2 atom stereocenters. The summed E-state index contributed by atoms with van der Waals surface area (Å²) >= 11 is 0. The Balaban J connectivity index is 1.98. The highest BCUT2D eigenvalue weighted by Gasteiger charge is 2.24. The van der Waals surface area contributed by atoms with Crippen molar-refractivity contribution >= 4 is 17.3 Å². The Labute approximate surface area is 104 Å². The highest BCUT2D eigenvalue weighted by Crippen LogP contribution is 2.23. The number of nitrogens with zero attached hydrogens (tertiary/aromatic N) is 2. The van der Waals surface area contributed by atoms with E-state index in [2.05, 4.69) is 10.3 Å². The summed E-state index contributed by atoms with van der Waals surface area (Å²) in [7, 11) is 0. The number of nitrogen functional groups attached to an aromatic ring is 1. The zero-order chi connectivity index (χ0) is 13.1. The maximum absolute atomic E-state index is 10.6. The van der Waals surface area contributed by atoms with Crippen LogP contribution in [0.1, 0.15) is 13.3 Å². The lowest BCUT2D eigenvalue weighted by molar-refractivity contribution is -0.384. The maximum Gasteiger partial charge on any atom is 0.311 e. The molecule has 0 bridgehead atoms. The summed E-state index contributed by atoms with van der Waals surface area (Å²) in [6.45, 7) is 3.55. The van der Waals surface area contributed by atoms with Gasteiger partial charge in [0.15, 0.2) is 0 Å². The van der Waals surface area contributed by atoms with Crippen molar-refractivity contribution in [3.8, 4) is 0 Å². The van der Waals surface area contributed by atoms with E-state index in [1.807, 2.05) is 6.92 Å². The molecule has 3 N–H and O–H groups in total. The molecule has 7 nitrogen and oxygen atoms in total. The Morgan fingerprint density at radius 2 is 2.44 bits per heavy atom. The van der Waals surface area contributed by atoms with Gasteiger partial charge >= 0.3 is 5.69 Å². The fourth-order valence-corrected chi connectivity index (χ4v) is 2.00. The fourth-order valence-electron chi connectivity index (χ4n) is 2.00. The first kappa shape index (κ1) is 12.6. The highest BCUT2D eigenvalue weighted by atomic mass is 16.6. The minimum Gasteiger partial charge on any atom is -0.378 e. The van der Waals surface area contributed by atoms with Crippen molar-refractivity contribution in [2.24, 2.45) is 5.92 Å². The molecule has 0 spiro atoms. The molecule has 1 aliphatic heterocycles. The fraction of sp³-hybridized carbons (Fsp3) is 0.545. The van der Waals surface area contributed by atoms with Gasteiger partial charge in [-0.05, 0) is 19.4 Å². The molecule has 0 saturated carbocycles. The average Bonchev–Trinajstić information content (AvgIpc) is 2.72. The lowest BCUT2D eigenvalue weighted by Crippen LogP contribution is -2.21. The second-order valence-electron chi connectivity index (χ2n) is 4.36. The summed E-state index contributed by atoms with van der Waals surface area (Å²) in [6.07, 6.45) is 1.24. The summed E-state index contributed by atoms with van der Waals surface area (Å²) in [5.74, 6) is 0.918. The van der Waals surface area contributed by atoms with Gasteiger partial charge in [0.1, 0.15) is 5.82 Å². The molecular weight excluding hydrogens is 236 g/mol. The quantitative estimate of drug-likeness (QED) is 0.620. The molecule has 2 unspecified atom stereocenters. The van der Waals surface area contributed by atoms with Crippen LogP contribution in [0, 0.1) is 16.0 Å². The molecule has 0 amide bonds. The van der Waals surface area contributed by atoms with E-state index in [1.54, 1.807) is 6.07 Å². The van der Waals surface area contributed by atoms with Gasteiger partial charge in [0, 0.05) is 25.1 Å². The van der Waals surface area contributed by atoms with Crippen molar-refractivity contribution < 1.29 is 9.66 Å². The third-order valence-electron chi connectivity index (χ3n) is 3.18. The van der Waals surface area contributed by atoms with Gasteiger partial charge in [-0.3, -0.25) is 10.1 Å². The number of nitrogens with two attached hydrogens (primary N) is 1. The number of rotatable bonds is 4. The minimum atomic E-state index is -0.543. The maximum atomic E-state index is 10.6. The van der Waals surface area contributed by atoms with Crippen molar-refractivity contribution in [3.63, 3.8) is 0 Å². The van der Waals surface area contributed by atoms with Gasteiger partial charge in [0.05, 0.1) is 11.0 Å². The normalized spacial score (nSPS) is 22.9. The summed E-state index contributed by atoms with van der Waals surface area (Å²) in [5.41, 5.74) is 5.35. The number of ether oxygens (including phenoxy) is 1. The smallest absolute Gasteiger partial charge is 0.311 e. The second-order valence-corrected chi connectivity index (χ2v) is 4.36. The van der Waals surface area contributed by atoms with Crippen LogP contribution in [0.3, 0.4) is 0 Å². The van der Waals surface area contributed by atoms with Crippen LogP contribution in [0.2, 0.25) is 0 Å². The molecule has 2 rings (SSSR count). The lowest BCUT2D eigenvalue weighted by Gasteiger charge is -2.15. The Morgan fingerprint density at radius 3 is 3.00 bits per heavy atom. The van der Waals surface area contributed by atoms with Crippen LogP contribution in [0.5, 0.6) is 0 Å². The molecule has 1 saturated heterocycles. The van der Waals surface area contributed by atoms with Crippen molar-refractivity contribution in [2.45, 2.75) is 19.4 Å². The van der Waals surface area contributed by atoms with Gasteiger partial charge in [0.25, 0.3) is 0 Å². The zero-order valence-corrected chi connectivity index (χ0v) is 10.1. The van der Waals surface area contributed by atoms with Gasteiger partial charge in [-0.1, -0.05) is 0 Å². The minimum absolute atomic E-state index is 0.0688. The number of nitro groups is 1. The molecule has 2 heterocycles. The van der Waals surface area contributed by atoms with Crippen LogP contribution >= 0.6 is 0 Å². The van der Waals surface area contributed by atoms with E-state index in [-0.39, 0.29) is 17.6 Å². The first-order valence-electron chi connectivity index (χ1n) is 5.84. The van der Waals surface area contributed by atoms with Gasteiger partial charge in [0.2, 0.25) is 5.82 Å². The predicted octanol–water partition coefficient (Wildman–Crippen LogP) is 1.41.